The van der Waals surface area contributed by atoms with E-state index in [0.717, 1.165) is 17.2 Å². The number of alkyl halides is 2. The Balaban J connectivity index is 2.40. The highest BCUT2D eigenvalue weighted by Crippen LogP contribution is 2.32. The van der Waals surface area contributed by atoms with Gasteiger partial charge < -0.3 is 0 Å². The minimum absolute atomic E-state index is 0.305. The summed E-state index contributed by atoms with van der Waals surface area (Å²) in [6.45, 7) is 1.99. The zero-order chi connectivity index (χ0) is 15.5. The van der Waals surface area contributed by atoms with Crippen molar-refractivity contribution in [2.45, 2.75) is 18.8 Å². The quantitative estimate of drug-likeness (QED) is 0.659. The number of aryl methyl sites for hydroxylation is 1. The van der Waals surface area contributed by atoms with E-state index in [1.165, 1.54) is 6.07 Å². The third-order valence-electron chi connectivity index (χ3n) is 3.67. The molecule has 0 bridgehead atoms. The summed E-state index contributed by atoms with van der Waals surface area (Å²) < 4.78 is 26.4. The van der Waals surface area contributed by atoms with Crippen molar-refractivity contribution in [3.05, 3.63) is 70.8 Å². The van der Waals surface area contributed by atoms with Gasteiger partial charge >= 0.3 is 0 Å². The van der Waals surface area contributed by atoms with Gasteiger partial charge in [-0.25, -0.2) is 8.78 Å². The second kappa shape index (κ2) is 6.76. The van der Waals surface area contributed by atoms with E-state index in [2.05, 4.69) is 0 Å². The SMILES string of the molecule is Cc1cccc(C(CCl)(CCl)Cc2ccc(F)c(F)c2)c1. The molecule has 2 aromatic carbocycles. The van der Waals surface area contributed by atoms with Crippen molar-refractivity contribution in [1.29, 1.82) is 0 Å². The van der Waals surface area contributed by atoms with Gasteiger partial charge in [-0.3, -0.25) is 0 Å². The van der Waals surface area contributed by atoms with E-state index >= 15 is 0 Å². The summed E-state index contributed by atoms with van der Waals surface area (Å²) in [5.74, 6) is -1.09. The Morgan fingerprint density at radius 1 is 0.952 bits per heavy atom. The zero-order valence-electron chi connectivity index (χ0n) is 11.7. The van der Waals surface area contributed by atoms with E-state index in [1.54, 1.807) is 6.07 Å². The van der Waals surface area contributed by atoms with Crippen LogP contribution in [-0.2, 0) is 11.8 Å². The molecule has 0 nitrogen and oxygen atoms in total. The fraction of sp³-hybridized carbons (Fsp3) is 0.294. The van der Waals surface area contributed by atoms with Crippen LogP contribution >= 0.6 is 23.2 Å². The maximum Gasteiger partial charge on any atom is 0.159 e. The first kappa shape index (κ1) is 16.3. The molecule has 0 spiro atoms. The van der Waals surface area contributed by atoms with E-state index in [1.807, 2.05) is 31.2 Å². The third-order valence-corrected chi connectivity index (χ3v) is 4.69. The summed E-state index contributed by atoms with van der Waals surface area (Å²) in [7, 11) is 0. The largest absolute Gasteiger partial charge is 0.204 e. The van der Waals surface area contributed by atoms with E-state index in [-0.39, 0.29) is 0 Å². The molecule has 0 atom stereocenters. The molecule has 0 amide bonds. The summed E-state index contributed by atoms with van der Waals surface area (Å²) >= 11 is 12.4. The Morgan fingerprint density at radius 2 is 1.67 bits per heavy atom. The van der Waals surface area contributed by atoms with Crippen LogP contribution in [0.4, 0.5) is 8.78 Å². The van der Waals surface area contributed by atoms with Gasteiger partial charge in [0, 0.05) is 17.2 Å². The highest BCUT2D eigenvalue weighted by Gasteiger charge is 2.31. The van der Waals surface area contributed by atoms with Crippen LogP contribution in [-0.4, -0.2) is 11.8 Å². The normalized spacial score (nSPS) is 11.7. The van der Waals surface area contributed by atoms with Crippen molar-refractivity contribution in [3.8, 4) is 0 Å². The Hall–Kier alpha value is -1.12. The molecule has 0 saturated carbocycles. The van der Waals surface area contributed by atoms with Crippen LogP contribution < -0.4 is 0 Å². The van der Waals surface area contributed by atoms with Crippen molar-refractivity contribution in [2.24, 2.45) is 0 Å². The zero-order valence-corrected chi connectivity index (χ0v) is 13.2. The van der Waals surface area contributed by atoms with Crippen molar-refractivity contribution in [2.75, 3.05) is 11.8 Å². The molecule has 2 aromatic rings. The van der Waals surface area contributed by atoms with E-state index in [0.29, 0.717) is 23.7 Å². The van der Waals surface area contributed by atoms with Gasteiger partial charge in [-0.05, 0) is 36.6 Å². The van der Waals surface area contributed by atoms with Crippen LogP contribution in [0.5, 0.6) is 0 Å². The van der Waals surface area contributed by atoms with Crippen molar-refractivity contribution in [3.63, 3.8) is 0 Å². The Bertz CT molecular complexity index is 622. The van der Waals surface area contributed by atoms with E-state index in [9.17, 15) is 8.78 Å². The van der Waals surface area contributed by atoms with Gasteiger partial charge in [0.05, 0.1) is 0 Å². The van der Waals surface area contributed by atoms with Crippen LogP contribution in [0.2, 0.25) is 0 Å². The van der Waals surface area contributed by atoms with Gasteiger partial charge in [0.1, 0.15) is 0 Å². The summed E-state index contributed by atoms with van der Waals surface area (Å²) in [5, 5.41) is 0. The molecule has 0 aliphatic carbocycles. The van der Waals surface area contributed by atoms with E-state index in [4.69, 9.17) is 23.2 Å². The van der Waals surface area contributed by atoms with Crippen LogP contribution in [0.1, 0.15) is 16.7 Å². The first-order valence-electron chi connectivity index (χ1n) is 6.64. The molecule has 0 aliphatic heterocycles. The fourth-order valence-corrected chi connectivity index (χ4v) is 3.19. The molecule has 0 saturated heterocycles. The van der Waals surface area contributed by atoms with Crippen LogP contribution in [0, 0.1) is 18.6 Å². The number of hydrogen-bond acceptors (Lipinski definition) is 0. The number of hydrogen-bond donors (Lipinski definition) is 0. The average molecular weight is 329 g/mol. The van der Waals surface area contributed by atoms with Crippen molar-refractivity contribution >= 4 is 23.2 Å². The molecule has 0 fully saturated rings. The van der Waals surface area contributed by atoms with E-state index < -0.39 is 17.0 Å². The lowest BCUT2D eigenvalue weighted by Gasteiger charge is -2.31. The molecule has 4 heteroatoms. The number of benzene rings is 2. The first-order valence-corrected chi connectivity index (χ1v) is 7.71. The minimum atomic E-state index is -0.852. The molecule has 0 radical (unpaired) electrons. The van der Waals surface area contributed by atoms with Gasteiger partial charge in [-0.15, -0.1) is 23.2 Å². The second-order valence-corrected chi connectivity index (χ2v) is 5.88. The second-order valence-electron chi connectivity index (χ2n) is 5.34. The van der Waals surface area contributed by atoms with Crippen molar-refractivity contribution in [1.82, 2.24) is 0 Å². The van der Waals surface area contributed by atoms with Crippen molar-refractivity contribution < 1.29 is 8.78 Å². The number of rotatable bonds is 5. The highest BCUT2D eigenvalue weighted by molar-refractivity contribution is 6.22. The molecule has 112 valence electrons. The third kappa shape index (κ3) is 3.56. The average Bonchev–Trinajstić information content (AvgIpc) is 2.48. The standard InChI is InChI=1S/C17H16Cl2F2/c1-12-3-2-4-14(7-12)17(10-18,11-19)9-13-5-6-15(20)16(21)8-13/h2-8H,9-11H2,1H3. The molecule has 0 heterocycles. The molecular formula is C17H16Cl2F2. The summed E-state index contributed by atoms with van der Waals surface area (Å²) in [6.07, 6.45) is 0.459. The lowest BCUT2D eigenvalue weighted by atomic mass is 9.78. The lowest BCUT2D eigenvalue weighted by molar-refractivity contribution is 0.499. The molecule has 2 rings (SSSR count). The van der Waals surface area contributed by atoms with Gasteiger partial charge in [0.2, 0.25) is 0 Å². The highest BCUT2D eigenvalue weighted by atomic mass is 35.5. The molecule has 21 heavy (non-hydrogen) atoms. The molecule has 0 aromatic heterocycles. The Labute approximate surface area is 133 Å². The number of halogens is 4. The molecule has 0 aliphatic rings. The Kier molecular flexibility index (Phi) is 5.23. The predicted octanol–water partition coefficient (Wildman–Crippen LogP) is 5.23. The maximum atomic E-state index is 13.4. The van der Waals surface area contributed by atoms with Gasteiger partial charge in [-0.1, -0.05) is 35.9 Å². The minimum Gasteiger partial charge on any atom is -0.204 e. The summed E-state index contributed by atoms with van der Waals surface area (Å²) in [4.78, 5) is 0. The molecule has 0 unspecified atom stereocenters. The summed E-state index contributed by atoms with van der Waals surface area (Å²) in [6, 6.07) is 11.9. The van der Waals surface area contributed by atoms with Gasteiger partial charge in [-0.2, -0.15) is 0 Å². The Morgan fingerprint density at radius 3 is 2.24 bits per heavy atom. The lowest BCUT2D eigenvalue weighted by Crippen LogP contribution is -2.33. The van der Waals surface area contributed by atoms with Crippen LogP contribution in [0.15, 0.2) is 42.5 Å². The van der Waals surface area contributed by atoms with Crippen LogP contribution in [0.3, 0.4) is 0 Å². The van der Waals surface area contributed by atoms with Gasteiger partial charge in [0.15, 0.2) is 11.6 Å². The first-order chi connectivity index (χ1) is 10.0. The predicted molar refractivity (Wildman–Crippen MR) is 84.4 cm³/mol. The van der Waals surface area contributed by atoms with Gasteiger partial charge in [0.25, 0.3) is 0 Å². The molecule has 0 N–H and O–H groups in total. The summed E-state index contributed by atoms with van der Waals surface area (Å²) in [5.41, 5.74) is 2.30. The topological polar surface area (TPSA) is 0 Å². The maximum absolute atomic E-state index is 13.4. The smallest absolute Gasteiger partial charge is 0.159 e. The molecular weight excluding hydrogens is 313 g/mol. The van der Waals surface area contributed by atoms with Crippen LogP contribution in [0.25, 0.3) is 0 Å². The fourth-order valence-electron chi connectivity index (χ4n) is 2.40. The monoisotopic (exact) mass is 328 g/mol.